The number of hydrogen-bond donors (Lipinski definition) is 2. The van der Waals surface area contributed by atoms with Crippen LogP contribution in [0.5, 0.6) is 0 Å². The lowest BCUT2D eigenvalue weighted by atomic mass is 10.2. The first-order valence-corrected chi connectivity index (χ1v) is 6.38. The number of fused-ring (bicyclic) bond motifs is 1. The molecule has 0 spiro atoms. The van der Waals surface area contributed by atoms with Gasteiger partial charge in [-0.05, 0) is 40.2 Å². The lowest BCUT2D eigenvalue weighted by Crippen LogP contribution is -1.96. The van der Waals surface area contributed by atoms with Gasteiger partial charge in [0, 0.05) is 11.8 Å². The Balaban J connectivity index is 2.12. The zero-order chi connectivity index (χ0) is 14.3. The van der Waals surface area contributed by atoms with E-state index in [1.165, 1.54) is 18.3 Å². The van der Waals surface area contributed by atoms with E-state index in [9.17, 15) is 9.18 Å². The van der Waals surface area contributed by atoms with E-state index in [4.69, 9.17) is 5.11 Å². The monoisotopic (exact) mass is 335 g/mol. The Labute approximate surface area is 120 Å². The van der Waals surface area contributed by atoms with Crippen molar-refractivity contribution in [2.75, 3.05) is 0 Å². The molecule has 100 valence electrons. The highest BCUT2D eigenvalue weighted by Gasteiger charge is 2.11. The summed E-state index contributed by atoms with van der Waals surface area (Å²) in [4.78, 5) is 22.1. The van der Waals surface area contributed by atoms with Crippen molar-refractivity contribution in [1.82, 2.24) is 15.0 Å². The second-order valence-corrected chi connectivity index (χ2v) is 4.97. The van der Waals surface area contributed by atoms with Crippen molar-refractivity contribution >= 4 is 33.1 Å². The molecule has 3 rings (SSSR count). The van der Waals surface area contributed by atoms with Crippen molar-refractivity contribution in [3.05, 3.63) is 46.3 Å². The highest BCUT2D eigenvalue weighted by molar-refractivity contribution is 9.10. The predicted molar refractivity (Wildman–Crippen MR) is 73.9 cm³/mol. The first-order chi connectivity index (χ1) is 9.54. The van der Waals surface area contributed by atoms with Gasteiger partial charge in [-0.15, -0.1) is 0 Å². The number of carboxylic acids is 1. The Kier molecular flexibility index (Phi) is 2.98. The van der Waals surface area contributed by atoms with Crippen molar-refractivity contribution in [2.45, 2.75) is 0 Å². The molecular formula is C13H7BrFN3O2. The number of imidazole rings is 1. The molecule has 0 radical (unpaired) electrons. The largest absolute Gasteiger partial charge is 0.478 e. The molecule has 0 saturated heterocycles. The van der Waals surface area contributed by atoms with E-state index in [0.29, 0.717) is 27.0 Å². The molecule has 0 aliphatic carbocycles. The molecule has 0 fully saturated rings. The van der Waals surface area contributed by atoms with Crippen LogP contribution in [0.1, 0.15) is 10.4 Å². The van der Waals surface area contributed by atoms with Gasteiger partial charge in [0.25, 0.3) is 0 Å². The molecule has 0 saturated carbocycles. The summed E-state index contributed by atoms with van der Waals surface area (Å²) in [5.74, 6) is -0.924. The van der Waals surface area contributed by atoms with Crippen molar-refractivity contribution in [2.24, 2.45) is 0 Å². The van der Waals surface area contributed by atoms with Gasteiger partial charge in [-0.25, -0.2) is 19.2 Å². The van der Waals surface area contributed by atoms with Gasteiger partial charge < -0.3 is 10.1 Å². The maximum absolute atomic E-state index is 13.2. The summed E-state index contributed by atoms with van der Waals surface area (Å²) in [6, 6.07) is 5.95. The fraction of sp³-hybridized carbons (Fsp3) is 0. The van der Waals surface area contributed by atoms with Crippen LogP contribution in [-0.2, 0) is 0 Å². The molecule has 2 aromatic heterocycles. The van der Waals surface area contributed by atoms with Gasteiger partial charge >= 0.3 is 5.97 Å². The summed E-state index contributed by atoms with van der Waals surface area (Å²) in [6.45, 7) is 0. The van der Waals surface area contributed by atoms with Gasteiger partial charge in [-0.3, -0.25) is 0 Å². The average Bonchev–Trinajstić information content (AvgIpc) is 2.84. The Morgan fingerprint density at radius 1 is 1.35 bits per heavy atom. The Hall–Kier alpha value is -2.28. The summed E-state index contributed by atoms with van der Waals surface area (Å²) < 4.78 is 13.5. The standard InChI is InChI=1S/C13H7BrFN3O2/c14-8-3-6(1-2-9(8)15)11-17-10-4-7(13(19)20)5-16-12(10)18-11/h1-5H,(H,19,20)(H,16,17,18). The molecule has 1 aromatic carbocycles. The second kappa shape index (κ2) is 4.68. The van der Waals surface area contributed by atoms with Gasteiger partial charge in [-0.1, -0.05) is 0 Å². The normalized spacial score (nSPS) is 10.9. The zero-order valence-corrected chi connectivity index (χ0v) is 11.5. The highest BCUT2D eigenvalue weighted by Crippen LogP contribution is 2.24. The van der Waals surface area contributed by atoms with E-state index in [2.05, 4.69) is 30.9 Å². The van der Waals surface area contributed by atoms with E-state index in [1.54, 1.807) is 12.1 Å². The SMILES string of the molecule is O=C(O)c1cnc2nc(-c3ccc(F)c(Br)c3)[nH]c2c1. The van der Waals surface area contributed by atoms with Crippen molar-refractivity contribution < 1.29 is 14.3 Å². The minimum Gasteiger partial charge on any atom is -0.478 e. The molecule has 0 atom stereocenters. The number of H-pyrrole nitrogens is 1. The van der Waals surface area contributed by atoms with Crippen LogP contribution in [0, 0.1) is 5.82 Å². The molecule has 0 aliphatic rings. The van der Waals surface area contributed by atoms with Crippen molar-refractivity contribution in [1.29, 1.82) is 0 Å². The molecule has 20 heavy (non-hydrogen) atoms. The lowest BCUT2D eigenvalue weighted by molar-refractivity contribution is 0.0696. The number of benzene rings is 1. The van der Waals surface area contributed by atoms with Gasteiger partial charge in [0.05, 0.1) is 15.6 Å². The Morgan fingerprint density at radius 3 is 2.85 bits per heavy atom. The zero-order valence-electron chi connectivity index (χ0n) is 9.89. The van der Waals surface area contributed by atoms with Gasteiger partial charge in [0.15, 0.2) is 5.65 Å². The highest BCUT2D eigenvalue weighted by atomic mass is 79.9. The molecule has 0 aliphatic heterocycles. The number of rotatable bonds is 2. The molecule has 0 bridgehead atoms. The van der Waals surface area contributed by atoms with E-state index in [0.717, 1.165) is 0 Å². The van der Waals surface area contributed by atoms with Gasteiger partial charge in [0.2, 0.25) is 0 Å². The number of nitrogens with one attached hydrogen (secondary N) is 1. The minimum atomic E-state index is -1.06. The average molecular weight is 336 g/mol. The van der Waals surface area contributed by atoms with E-state index in [-0.39, 0.29) is 11.4 Å². The van der Waals surface area contributed by atoms with Crippen LogP contribution < -0.4 is 0 Å². The fourth-order valence-electron chi connectivity index (χ4n) is 1.80. The third kappa shape index (κ3) is 2.16. The van der Waals surface area contributed by atoms with Crippen LogP contribution in [0.15, 0.2) is 34.9 Å². The fourth-order valence-corrected chi connectivity index (χ4v) is 2.18. The first kappa shape index (κ1) is 12.7. The summed E-state index contributed by atoms with van der Waals surface area (Å²) >= 11 is 3.11. The van der Waals surface area contributed by atoms with Crippen LogP contribution in [0.3, 0.4) is 0 Å². The number of halogens is 2. The van der Waals surface area contributed by atoms with E-state index in [1.807, 2.05) is 0 Å². The van der Waals surface area contributed by atoms with Gasteiger partial charge in [-0.2, -0.15) is 0 Å². The number of pyridine rings is 1. The van der Waals surface area contributed by atoms with Crippen LogP contribution in [0.4, 0.5) is 4.39 Å². The molecule has 5 nitrogen and oxygen atoms in total. The van der Waals surface area contributed by atoms with Gasteiger partial charge in [0.1, 0.15) is 11.6 Å². The Bertz CT molecular complexity index is 832. The molecule has 0 amide bonds. The second-order valence-electron chi connectivity index (χ2n) is 4.11. The number of hydrogen-bond acceptors (Lipinski definition) is 3. The third-order valence-corrected chi connectivity index (χ3v) is 3.39. The third-order valence-electron chi connectivity index (χ3n) is 2.78. The number of nitrogens with zero attached hydrogens (tertiary/aromatic N) is 2. The summed E-state index contributed by atoms with van der Waals surface area (Å²) in [5.41, 5.74) is 1.67. The molecular weight excluding hydrogens is 329 g/mol. The molecule has 2 N–H and O–H groups in total. The lowest BCUT2D eigenvalue weighted by Gasteiger charge is -1.98. The molecule has 0 unspecified atom stereocenters. The van der Waals surface area contributed by atoms with Crippen molar-refractivity contribution in [3.63, 3.8) is 0 Å². The number of aromatic nitrogens is 3. The molecule has 2 heterocycles. The van der Waals surface area contributed by atoms with Crippen LogP contribution in [-0.4, -0.2) is 26.0 Å². The summed E-state index contributed by atoms with van der Waals surface area (Å²) in [5, 5.41) is 8.91. The van der Waals surface area contributed by atoms with Crippen LogP contribution in [0.25, 0.3) is 22.6 Å². The molecule has 3 aromatic rings. The molecule has 7 heteroatoms. The van der Waals surface area contributed by atoms with E-state index < -0.39 is 5.97 Å². The van der Waals surface area contributed by atoms with Crippen molar-refractivity contribution in [3.8, 4) is 11.4 Å². The Morgan fingerprint density at radius 2 is 2.15 bits per heavy atom. The number of carboxylic acid groups (broad SMARTS) is 1. The van der Waals surface area contributed by atoms with E-state index >= 15 is 0 Å². The number of aromatic carboxylic acids is 1. The van der Waals surface area contributed by atoms with Crippen LogP contribution in [0.2, 0.25) is 0 Å². The number of aromatic amines is 1. The minimum absolute atomic E-state index is 0.0768. The van der Waals surface area contributed by atoms with Crippen LogP contribution >= 0.6 is 15.9 Å². The quantitative estimate of drug-likeness (QED) is 0.753. The maximum Gasteiger partial charge on any atom is 0.337 e. The predicted octanol–water partition coefficient (Wildman–Crippen LogP) is 3.22. The maximum atomic E-state index is 13.2. The summed E-state index contributed by atoms with van der Waals surface area (Å²) in [7, 11) is 0. The topological polar surface area (TPSA) is 78.9 Å². The smallest absolute Gasteiger partial charge is 0.337 e. The first-order valence-electron chi connectivity index (χ1n) is 5.59. The number of carbonyl (C=O) groups is 1. The summed E-state index contributed by atoms with van der Waals surface area (Å²) in [6.07, 6.45) is 1.25.